The summed E-state index contributed by atoms with van der Waals surface area (Å²) >= 11 is 0. The molecule has 0 aliphatic rings. The Morgan fingerprint density at radius 2 is 1.79 bits per heavy atom. The van der Waals surface area contributed by atoms with Gasteiger partial charge in [0.15, 0.2) is 0 Å². The van der Waals surface area contributed by atoms with Gasteiger partial charge in [0.1, 0.15) is 12.1 Å². The van der Waals surface area contributed by atoms with Crippen LogP contribution in [0.3, 0.4) is 0 Å². The average molecular weight is 371 g/mol. The molecule has 0 aliphatic heterocycles. The van der Waals surface area contributed by atoms with Crippen molar-refractivity contribution in [1.29, 1.82) is 0 Å². The number of benzene rings is 2. The van der Waals surface area contributed by atoms with Crippen LogP contribution in [0.1, 0.15) is 6.92 Å². The normalized spacial score (nSPS) is 10.6. The van der Waals surface area contributed by atoms with Crippen LogP contribution in [0.5, 0.6) is 0 Å². The van der Waals surface area contributed by atoms with Crippen LogP contribution in [0.4, 0.5) is 17.7 Å². The Morgan fingerprint density at radius 3 is 2.57 bits per heavy atom. The summed E-state index contributed by atoms with van der Waals surface area (Å²) in [6, 6.07) is 17.1. The lowest BCUT2D eigenvalue weighted by atomic mass is 10.2. The van der Waals surface area contributed by atoms with E-state index in [0.717, 1.165) is 16.6 Å². The number of anilines is 3. The van der Waals surface area contributed by atoms with Crippen molar-refractivity contribution >= 4 is 34.5 Å². The molecule has 8 nitrogen and oxygen atoms in total. The molecule has 8 heteroatoms. The van der Waals surface area contributed by atoms with Crippen LogP contribution >= 0.6 is 0 Å². The van der Waals surface area contributed by atoms with E-state index in [-0.39, 0.29) is 11.9 Å². The summed E-state index contributed by atoms with van der Waals surface area (Å²) < 4.78 is 1.60. The first-order valence-corrected chi connectivity index (χ1v) is 8.58. The lowest BCUT2D eigenvalue weighted by molar-refractivity contribution is -0.112. The number of nitrogens with zero attached hydrogens (tertiary/aromatic N) is 5. The van der Waals surface area contributed by atoms with E-state index in [1.807, 2.05) is 54.6 Å². The van der Waals surface area contributed by atoms with Gasteiger partial charge in [0.2, 0.25) is 5.95 Å². The van der Waals surface area contributed by atoms with Gasteiger partial charge in [-0.05, 0) is 31.2 Å². The zero-order valence-electron chi connectivity index (χ0n) is 15.1. The number of fused-ring (bicyclic) bond motifs is 1. The van der Waals surface area contributed by atoms with E-state index in [9.17, 15) is 4.79 Å². The Balaban J connectivity index is 1.77. The molecule has 0 saturated heterocycles. The van der Waals surface area contributed by atoms with Gasteiger partial charge in [-0.25, -0.2) is 9.97 Å². The van der Waals surface area contributed by atoms with Crippen molar-refractivity contribution in [2.45, 2.75) is 6.92 Å². The van der Waals surface area contributed by atoms with E-state index >= 15 is 0 Å². The van der Waals surface area contributed by atoms with Gasteiger partial charge < -0.3 is 5.32 Å². The van der Waals surface area contributed by atoms with Crippen LogP contribution < -0.4 is 10.6 Å². The maximum absolute atomic E-state index is 12.0. The van der Waals surface area contributed by atoms with Gasteiger partial charge in [0, 0.05) is 11.0 Å². The molecule has 28 heavy (non-hydrogen) atoms. The fourth-order valence-corrected chi connectivity index (χ4v) is 2.61. The highest BCUT2D eigenvalue weighted by molar-refractivity contribution is 6.01. The summed E-state index contributed by atoms with van der Waals surface area (Å²) in [6.45, 7) is 5.25. The predicted molar refractivity (Wildman–Crippen MR) is 108 cm³/mol. The van der Waals surface area contributed by atoms with Crippen molar-refractivity contribution in [3.63, 3.8) is 0 Å². The van der Waals surface area contributed by atoms with Crippen molar-refractivity contribution in [2.24, 2.45) is 0 Å². The standard InChI is InChI=1S/C20H17N7O/c1-13(2)18(28)24-19-25-20(27(26-19)14-8-4-3-5-9-14)23-17-15-10-6-7-11-16(15)21-12-22-17/h3-12H,1H2,2H3,(H2,21,22,23,24,25,26,28). The predicted octanol–water partition coefficient (Wildman–Crippen LogP) is 3.47. The third-order valence-corrected chi connectivity index (χ3v) is 3.99. The minimum atomic E-state index is -0.343. The van der Waals surface area contributed by atoms with Gasteiger partial charge in [-0.2, -0.15) is 9.67 Å². The topological polar surface area (TPSA) is 97.6 Å². The molecule has 0 fully saturated rings. The Morgan fingerprint density at radius 1 is 1.04 bits per heavy atom. The molecular formula is C20H17N7O. The van der Waals surface area contributed by atoms with Crippen molar-refractivity contribution in [2.75, 3.05) is 10.6 Å². The van der Waals surface area contributed by atoms with E-state index in [4.69, 9.17) is 0 Å². The lowest BCUT2D eigenvalue weighted by Gasteiger charge is -2.09. The molecule has 2 N–H and O–H groups in total. The number of amides is 1. The first-order chi connectivity index (χ1) is 13.6. The second-order valence-corrected chi connectivity index (χ2v) is 6.11. The Hall–Kier alpha value is -4.07. The van der Waals surface area contributed by atoms with Gasteiger partial charge in [0.25, 0.3) is 11.9 Å². The Kier molecular flexibility index (Phi) is 4.51. The molecule has 4 rings (SSSR count). The zero-order valence-corrected chi connectivity index (χ0v) is 15.1. The third-order valence-electron chi connectivity index (χ3n) is 3.99. The smallest absolute Gasteiger partial charge is 0.253 e. The first kappa shape index (κ1) is 17.3. The average Bonchev–Trinajstić information content (AvgIpc) is 3.11. The van der Waals surface area contributed by atoms with Crippen molar-refractivity contribution < 1.29 is 4.79 Å². The molecule has 4 aromatic rings. The van der Waals surface area contributed by atoms with Gasteiger partial charge in [-0.1, -0.05) is 36.9 Å². The molecule has 0 atom stereocenters. The second-order valence-electron chi connectivity index (χ2n) is 6.11. The number of rotatable bonds is 5. The zero-order chi connectivity index (χ0) is 19.5. The maximum Gasteiger partial charge on any atom is 0.253 e. The molecule has 2 aromatic heterocycles. The fraction of sp³-hybridized carbons (Fsp3) is 0.0500. The van der Waals surface area contributed by atoms with Crippen LogP contribution in [-0.4, -0.2) is 30.6 Å². The van der Waals surface area contributed by atoms with E-state index in [0.29, 0.717) is 17.3 Å². The maximum atomic E-state index is 12.0. The van der Waals surface area contributed by atoms with E-state index in [1.54, 1.807) is 11.6 Å². The van der Waals surface area contributed by atoms with E-state index in [2.05, 4.69) is 37.3 Å². The van der Waals surface area contributed by atoms with Crippen LogP contribution in [0.15, 0.2) is 73.1 Å². The lowest BCUT2D eigenvalue weighted by Crippen LogP contribution is -2.13. The van der Waals surface area contributed by atoms with Crippen molar-refractivity contribution in [3.8, 4) is 5.69 Å². The summed E-state index contributed by atoms with van der Waals surface area (Å²) in [6.07, 6.45) is 1.48. The minimum Gasteiger partial charge on any atom is -0.308 e. The monoisotopic (exact) mass is 371 g/mol. The molecule has 0 aliphatic carbocycles. The number of hydrogen-bond donors (Lipinski definition) is 2. The van der Waals surface area contributed by atoms with Crippen LogP contribution in [-0.2, 0) is 4.79 Å². The van der Waals surface area contributed by atoms with Gasteiger partial charge in [-0.15, -0.1) is 5.10 Å². The summed E-state index contributed by atoms with van der Waals surface area (Å²) in [4.78, 5) is 25.0. The molecule has 2 heterocycles. The molecule has 1 amide bonds. The summed E-state index contributed by atoms with van der Waals surface area (Å²) in [7, 11) is 0. The quantitative estimate of drug-likeness (QED) is 0.521. The first-order valence-electron chi connectivity index (χ1n) is 8.58. The van der Waals surface area contributed by atoms with Crippen LogP contribution in [0, 0.1) is 0 Å². The van der Waals surface area contributed by atoms with Crippen LogP contribution in [0.2, 0.25) is 0 Å². The number of carbonyl (C=O) groups excluding carboxylic acids is 1. The molecular weight excluding hydrogens is 354 g/mol. The summed E-state index contributed by atoms with van der Waals surface area (Å²) in [5.41, 5.74) is 1.96. The highest BCUT2D eigenvalue weighted by Gasteiger charge is 2.15. The largest absolute Gasteiger partial charge is 0.308 e. The fourth-order valence-electron chi connectivity index (χ4n) is 2.61. The van der Waals surface area contributed by atoms with Gasteiger partial charge in [-0.3, -0.25) is 10.1 Å². The Labute approximate surface area is 161 Å². The Bertz CT molecular complexity index is 1160. The molecule has 0 spiro atoms. The molecule has 0 radical (unpaired) electrons. The summed E-state index contributed by atoms with van der Waals surface area (Å²) in [5.74, 6) is 0.821. The number of aromatic nitrogens is 5. The highest BCUT2D eigenvalue weighted by Crippen LogP contribution is 2.24. The molecule has 138 valence electrons. The molecule has 0 saturated carbocycles. The molecule has 0 unspecified atom stereocenters. The van der Waals surface area contributed by atoms with E-state index < -0.39 is 0 Å². The number of nitrogens with one attached hydrogen (secondary N) is 2. The SMILES string of the molecule is C=C(C)C(=O)Nc1nc(Nc2ncnc3ccccc23)n(-c2ccccc2)n1. The van der Waals surface area contributed by atoms with Crippen LogP contribution in [0.25, 0.3) is 16.6 Å². The summed E-state index contributed by atoms with van der Waals surface area (Å²) in [5, 5.41) is 11.1. The third kappa shape index (κ3) is 3.43. The molecule has 2 aromatic carbocycles. The van der Waals surface area contributed by atoms with Gasteiger partial charge in [0.05, 0.1) is 11.2 Å². The van der Waals surface area contributed by atoms with Crippen molar-refractivity contribution in [3.05, 3.63) is 73.1 Å². The number of para-hydroxylation sites is 2. The number of hydrogen-bond acceptors (Lipinski definition) is 6. The molecule has 0 bridgehead atoms. The van der Waals surface area contributed by atoms with E-state index in [1.165, 1.54) is 6.33 Å². The highest BCUT2D eigenvalue weighted by atomic mass is 16.1. The minimum absolute atomic E-state index is 0.165. The van der Waals surface area contributed by atoms with Crippen molar-refractivity contribution in [1.82, 2.24) is 24.7 Å². The van der Waals surface area contributed by atoms with Gasteiger partial charge >= 0.3 is 0 Å². The second kappa shape index (κ2) is 7.28. The number of carbonyl (C=O) groups is 1.